The molecule has 0 aromatic carbocycles. The molecule has 0 amide bonds. The minimum Gasteiger partial charge on any atom is -0.393 e. The second-order valence-corrected chi connectivity index (χ2v) is 11.1. The molecule has 5 aliphatic rings. The van der Waals surface area contributed by atoms with Crippen LogP contribution in [0.3, 0.4) is 0 Å². The molecule has 9 atom stereocenters. The standard InChI is InChI=1S/C24H40O3/c1-23-10-8-19(27-15-26-2)14-16(23)3-5-20-21(23)9-12-24-11-7-18(25)13-17(24)4-6-22(20)24/h16-22,25H,3-15H2,1-2H3/t16-,17-,18?,19-,20-,21+,22+,23+,24-/m1/s1. The molecular weight excluding hydrogens is 336 g/mol. The molecule has 154 valence electrons. The van der Waals surface area contributed by atoms with Gasteiger partial charge >= 0.3 is 0 Å². The van der Waals surface area contributed by atoms with Crippen LogP contribution in [0.25, 0.3) is 0 Å². The van der Waals surface area contributed by atoms with E-state index in [1.165, 1.54) is 64.2 Å². The molecule has 0 saturated heterocycles. The van der Waals surface area contributed by atoms with Crippen molar-refractivity contribution in [2.24, 2.45) is 40.4 Å². The van der Waals surface area contributed by atoms with Gasteiger partial charge in [0.15, 0.2) is 0 Å². The van der Waals surface area contributed by atoms with Crippen LogP contribution >= 0.6 is 0 Å². The third-order valence-electron chi connectivity index (χ3n) is 10.4. The van der Waals surface area contributed by atoms with Gasteiger partial charge in [0.1, 0.15) is 6.79 Å². The first kappa shape index (κ1) is 18.9. The topological polar surface area (TPSA) is 38.7 Å². The number of aliphatic hydroxyl groups is 1. The molecule has 3 nitrogen and oxygen atoms in total. The van der Waals surface area contributed by atoms with E-state index < -0.39 is 0 Å². The second-order valence-electron chi connectivity index (χ2n) is 11.1. The van der Waals surface area contributed by atoms with Crippen molar-refractivity contribution >= 4 is 0 Å². The van der Waals surface area contributed by atoms with Crippen LogP contribution in [0.2, 0.25) is 0 Å². The van der Waals surface area contributed by atoms with E-state index in [1.54, 1.807) is 7.11 Å². The summed E-state index contributed by atoms with van der Waals surface area (Å²) >= 11 is 0. The quantitative estimate of drug-likeness (QED) is 0.692. The van der Waals surface area contributed by atoms with Crippen molar-refractivity contribution in [3.05, 3.63) is 0 Å². The Balaban J connectivity index is 1.33. The largest absolute Gasteiger partial charge is 0.393 e. The molecule has 5 fully saturated rings. The van der Waals surface area contributed by atoms with Gasteiger partial charge in [-0.1, -0.05) is 6.92 Å². The highest BCUT2D eigenvalue weighted by Gasteiger charge is 2.62. The molecule has 0 radical (unpaired) electrons. The number of ether oxygens (including phenoxy) is 2. The lowest BCUT2D eigenvalue weighted by Crippen LogP contribution is -2.55. The smallest absolute Gasteiger partial charge is 0.146 e. The first-order valence-electron chi connectivity index (χ1n) is 11.9. The maximum absolute atomic E-state index is 10.2. The van der Waals surface area contributed by atoms with E-state index >= 15 is 0 Å². The zero-order chi connectivity index (χ0) is 18.6. The van der Waals surface area contributed by atoms with Gasteiger partial charge in [0.2, 0.25) is 0 Å². The zero-order valence-electron chi connectivity index (χ0n) is 17.5. The lowest BCUT2D eigenvalue weighted by Gasteiger charge is -2.62. The van der Waals surface area contributed by atoms with Crippen LogP contribution in [-0.2, 0) is 9.47 Å². The van der Waals surface area contributed by atoms with Gasteiger partial charge in [0, 0.05) is 7.11 Å². The maximum atomic E-state index is 10.2. The van der Waals surface area contributed by atoms with Crippen LogP contribution in [0.4, 0.5) is 0 Å². The van der Waals surface area contributed by atoms with Gasteiger partial charge in [0.25, 0.3) is 0 Å². The van der Waals surface area contributed by atoms with Crippen LogP contribution < -0.4 is 0 Å². The maximum Gasteiger partial charge on any atom is 0.146 e. The van der Waals surface area contributed by atoms with Crippen LogP contribution in [0, 0.1) is 40.4 Å². The van der Waals surface area contributed by atoms with Gasteiger partial charge < -0.3 is 14.6 Å². The average molecular weight is 377 g/mol. The van der Waals surface area contributed by atoms with Gasteiger partial charge in [-0.05, 0) is 117 Å². The highest BCUT2D eigenvalue weighted by molar-refractivity contribution is 5.11. The highest BCUT2D eigenvalue weighted by atomic mass is 16.7. The Labute approximate surface area is 165 Å². The second kappa shape index (κ2) is 6.99. The zero-order valence-corrected chi connectivity index (χ0v) is 17.5. The van der Waals surface area contributed by atoms with Crippen LogP contribution in [0.15, 0.2) is 0 Å². The van der Waals surface area contributed by atoms with Gasteiger partial charge in [-0.15, -0.1) is 0 Å². The Morgan fingerprint density at radius 2 is 1.67 bits per heavy atom. The summed E-state index contributed by atoms with van der Waals surface area (Å²) in [6, 6.07) is 0. The molecule has 5 rings (SSSR count). The fourth-order valence-electron chi connectivity index (χ4n) is 9.20. The first-order valence-corrected chi connectivity index (χ1v) is 11.9. The first-order chi connectivity index (χ1) is 13.1. The predicted octanol–water partition coefficient (Wildman–Crippen LogP) is 5.16. The minimum atomic E-state index is -0.00673. The Morgan fingerprint density at radius 1 is 0.852 bits per heavy atom. The van der Waals surface area contributed by atoms with Crippen molar-refractivity contribution in [2.75, 3.05) is 13.9 Å². The third-order valence-corrected chi connectivity index (χ3v) is 10.4. The van der Waals surface area contributed by atoms with Crippen molar-refractivity contribution < 1.29 is 14.6 Å². The predicted molar refractivity (Wildman–Crippen MR) is 106 cm³/mol. The molecule has 0 bridgehead atoms. The Kier molecular flexibility index (Phi) is 4.89. The van der Waals surface area contributed by atoms with Gasteiger partial charge in [0.05, 0.1) is 12.2 Å². The molecule has 5 aliphatic carbocycles. The van der Waals surface area contributed by atoms with E-state index in [2.05, 4.69) is 6.92 Å². The Hall–Kier alpha value is -0.120. The molecule has 1 spiro atoms. The van der Waals surface area contributed by atoms with Gasteiger partial charge in [-0.25, -0.2) is 0 Å². The third kappa shape index (κ3) is 2.86. The van der Waals surface area contributed by atoms with Gasteiger partial charge in [-0.3, -0.25) is 0 Å². The lowest BCUT2D eigenvalue weighted by molar-refractivity contribution is -0.160. The number of methoxy groups -OCH3 is 1. The monoisotopic (exact) mass is 376 g/mol. The Morgan fingerprint density at radius 3 is 2.52 bits per heavy atom. The van der Waals surface area contributed by atoms with Crippen molar-refractivity contribution in [3.8, 4) is 0 Å². The summed E-state index contributed by atoms with van der Waals surface area (Å²) < 4.78 is 11.1. The van der Waals surface area contributed by atoms with Gasteiger partial charge in [-0.2, -0.15) is 0 Å². The summed E-state index contributed by atoms with van der Waals surface area (Å²) in [7, 11) is 1.73. The molecule has 3 heteroatoms. The fourth-order valence-corrected chi connectivity index (χ4v) is 9.20. The lowest BCUT2D eigenvalue weighted by atomic mass is 9.43. The number of fused-ring (bicyclic) bond motifs is 4. The van der Waals surface area contributed by atoms with Crippen molar-refractivity contribution in [1.82, 2.24) is 0 Å². The molecule has 0 aliphatic heterocycles. The molecule has 1 N–H and O–H groups in total. The SMILES string of the molecule is COCO[C@@H]1CC[C@@]2(C)[C@H](CC[C@@H]3[C@@H]2CC[C@]24CCC(O)C[C@H]2CC[C@@H]34)C1. The number of rotatable bonds is 3. The van der Waals surface area contributed by atoms with E-state index in [0.717, 1.165) is 42.4 Å². The van der Waals surface area contributed by atoms with Crippen LogP contribution in [0.1, 0.15) is 84.0 Å². The van der Waals surface area contributed by atoms with Crippen molar-refractivity contribution in [1.29, 1.82) is 0 Å². The molecule has 0 aromatic heterocycles. The number of hydrogen-bond donors (Lipinski definition) is 1. The van der Waals surface area contributed by atoms with E-state index in [9.17, 15) is 5.11 Å². The summed E-state index contributed by atoms with van der Waals surface area (Å²) in [4.78, 5) is 0. The fraction of sp³-hybridized carbons (Fsp3) is 1.00. The summed E-state index contributed by atoms with van der Waals surface area (Å²) in [5, 5.41) is 10.2. The average Bonchev–Trinajstić information content (AvgIpc) is 3.05. The molecule has 0 heterocycles. The van der Waals surface area contributed by atoms with Crippen LogP contribution in [0.5, 0.6) is 0 Å². The van der Waals surface area contributed by atoms with E-state index in [4.69, 9.17) is 9.47 Å². The summed E-state index contributed by atoms with van der Waals surface area (Å²) in [6.45, 7) is 3.11. The molecular formula is C24H40O3. The summed E-state index contributed by atoms with van der Waals surface area (Å²) in [5.74, 6) is 4.57. The molecule has 27 heavy (non-hydrogen) atoms. The molecule has 0 aromatic rings. The Bertz CT molecular complexity index is 550. The van der Waals surface area contributed by atoms with Crippen molar-refractivity contribution in [2.45, 2.75) is 96.2 Å². The van der Waals surface area contributed by atoms with E-state index in [1.807, 2.05) is 0 Å². The number of hydrogen-bond acceptors (Lipinski definition) is 3. The van der Waals surface area contributed by atoms with E-state index in [-0.39, 0.29) is 6.10 Å². The molecule has 5 saturated carbocycles. The number of aliphatic hydroxyl groups excluding tert-OH is 1. The summed E-state index contributed by atoms with van der Waals surface area (Å²) in [6.07, 6.45) is 16.4. The molecule has 1 unspecified atom stereocenters. The normalized spacial score (nSPS) is 54.6. The van der Waals surface area contributed by atoms with Crippen molar-refractivity contribution in [3.63, 3.8) is 0 Å². The summed E-state index contributed by atoms with van der Waals surface area (Å²) in [5.41, 5.74) is 1.16. The highest BCUT2D eigenvalue weighted by Crippen LogP contribution is 2.70. The van der Waals surface area contributed by atoms with Crippen LogP contribution in [-0.4, -0.2) is 31.2 Å². The van der Waals surface area contributed by atoms with E-state index in [0.29, 0.717) is 23.7 Å². The minimum absolute atomic E-state index is 0.00673.